The van der Waals surface area contributed by atoms with Crippen LogP contribution < -0.4 is 0 Å². The van der Waals surface area contributed by atoms with Gasteiger partial charge in [-0.05, 0) is 0 Å². The Balaban J connectivity index is 0. The van der Waals surface area contributed by atoms with E-state index in [1.54, 1.807) is 0 Å². The maximum atomic E-state index is 11.8. The molecule has 0 aliphatic heterocycles. The zero-order valence-corrected chi connectivity index (χ0v) is 27.0. The molecule has 0 spiro atoms. The van der Waals surface area contributed by atoms with E-state index in [0.29, 0.717) is 0 Å². The Kier molecular flexibility index (Phi) is 22.4. The van der Waals surface area contributed by atoms with Crippen LogP contribution in [0, 0.1) is 10.8 Å². The summed E-state index contributed by atoms with van der Waals surface area (Å²) >= 11 is 0.194. The number of ether oxygens (including phenoxy) is 7. The van der Waals surface area contributed by atoms with Crippen LogP contribution in [-0.4, -0.2) is 113 Å². The van der Waals surface area contributed by atoms with E-state index in [4.69, 9.17) is 36.0 Å². The molecule has 0 fully saturated rings. The molecule has 0 aliphatic rings. The summed E-state index contributed by atoms with van der Waals surface area (Å²) in [5.74, 6) is -5.01. The Morgan fingerprint density at radius 1 is 0.395 bits per heavy atom. The average Bonchev–Trinajstić information content (AvgIpc) is 3.05. The van der Waals surface area contributed by atoms with Crippen molar-refractivity contribution >= 4 is 60.5 Å². The number of rotatable bonds is 22. The van der Waals surface area contributed by atoms with E-state index >= 15 is 0 Å². The van der Waals surface area contributed by atoms with Crippen molar-refractivity contribution in [1.82, 2.24) is 0 Å². The number of hydrogen-bond acceptors (Lipinski definition) is 14. The molecule has 0 atom stereocenters. The van der Waals surface area contributed by atoms with E-state index in [1.807, 2.05) is 0 Å². The van der Waals surface area contributed by atoms with E-state index in [-0.39, 0.29) is 24.7 Å². The minimum absolute atomic E-state index is 0.194. The molecule has 0 aromatic rings. The fourth-order valence-corrected chi connectivity index (χ4v) is 2.68. The summed E-state index contributed by atoms with van der Waals surface area (Å²) in [6, 6.07) is 0. The predicted molar refractivity (Wildman–Crippen MR) is 149 cm³/mol. The SMILES string of the molecule is C=CC(=O)OCC(COCC(COC(=O)C=C)(COC(=O)C=C)COC(=O)C=C)(COC(=O)C=C)COC(=O)C=C.[O]=[Bi]. The molecule has 0 aliphatic carbocycles. The Morgan fingerprint density at radius 3 is 0.698 bits per heavy atom. The van der Waals surface area contributed by atoms with E-state index in [0.717, 1.165) is 36.5 Å². The molecule has 0 N–H and O–H groups in total. The first-order chi connectivity index (χ1) is 20.4. The molecule has 0 aromatic carbocycles. The molecule has 0 heterocycles. The van der Waals surface area contributed by atoms with Gasteiger partial charge in [0.1, 0.15) is 39.6 Å². The normalized spacial score (nSPS) is 10.1. The Labute approximate surface area is 264 Å². The van der Waals surface area contributed by atoms with Crippen molar-refractivity contribution in [3.05, 3.63) is 75.9 Å². The zero-order valence-electron chi connectivity index (χ0n) is 23.5. The summed E-state index contributed by atoms with van der Waals surface area (Å²) in [4.78, 5) is 70.9. The first-order valence-electron chi connectivity index (χ1n) is 12.0. The quantitative estimate of drug-likeness (QED) is 0.0650. The monoisotopic (exact) mass is 803 g/mol. The summed E-state index contributed by atoms with van der Waals surface area (Å²) in [5.41, 5.74) is -2.98. The van der Waals surface area contributed by atoms with Gasteiger partial charge in [-0.1, -0.05) is 39.5 Å². The fourth-order valence-electron chi connectivity index (χ4n) is 2.68. The van der Waals surface area contributed by atoms with Crippen LogP contribution >= 0.6 is 0 Å². The van der Waals surface area contributed by atoms with E-state index in [1.165, 1.54) is 0 Å². The van der Waals surface area contributed by atoms with Crippen LogP contribution in [0.15, 0.2) is 75.9 Å². The molecule has 0 saturated carbocycles. The number of hydrogen-bond donors (Lipinski definition) is 0. The van der Waals surface area contributed by atoms with Crippen LogP contribution in [0.5, 0.6) is 0 Å². The first-order valence-corrected chi connectivity index (χ1v) is 13.4. The second kappa shape index (κ2) is 23.5. The van der Waals surface area contributed by atoms with Crippen molar-refractivity contribution in [1.29, 1.82) is 0 Å². The Hall–Kier alpha value is -4.10. The zero-order chi connectivity index (χ0) is 33.3. The summed E-state index contributed by atoms with van der Waals surface area (Å²) in [7, 11) is 0. The molecular formula is C28H34BiO14. The average molecular weight is 804 g/mol. The molecular weight excluding hydrogens is 769 g/mol. The van der Waals surface area contributed by atoms with Gasteiger partial charge in [-0.25, -0.2) is 28.8 Å². The van der Waals surface area contributed by atoms with Crippen molar-refractivity contribution < 1.29 is 64.7 Å². The van der Waals surface area contributed by atoms with Gasteiger partial charge in [0.15, 0.2) is 0 Å². The van der Waals surface area contributed by atoms with Gasteiger partial charge < -0.3 is 33.2 Å². The number of carbonyl (C=O) groups is 6. The topological polar surface area (TPSA) is 184 Å². The number of esters is 6. The van der Waals surface area contributed by atoms with E-state index in [2.05, 4.69) is 39.5 Å². The van der Waals surface area contributed by atoms with E-state index < -0.39 is 99.5 Å². The molecule has 1 radical (unpaired) electrons. The first kappa shape index (κ1) is 41.0. The molecule has 235 valence electrons. The molecule has 15 heteroatoms. The van der Waals surface area contributed by atoms with Crippen molar-refractivity contribution in [2.45, 2.75) is 0 Å². The third-order valence-corrected chi connectivity index (χ3v) is 4.94. The molecule has 14 nitrogen and oxygen atoms in total. The van der Waals surface area contributed by atoms with Gasteiger partial charge >= 0.3 is 63.4 Å². The van der Waals surface area contributed by atoms with Gasteiger partial charge in [0, 0.05) is 36.5 Å². The van der Waals surface area contributed by atoms with Crippen LogP contribution in [0.4, 0.5) is 0 Å². The molecule has 0 bridgehead atoms. The van der Waals surface area contributed by atoms with Gasteiger partial charge in [0.05, 0.1) is 24.0 Å². The predicted octanol–water partition coefficient (Wildman–Crippen LogP) is 0.851. The third-order valence-electron chi connectivity index (χ3n) is 4.94. The second-order valence-electron chi connectivity index (χ2n) is 8.36. The molecule has 0 aromatic heterocycles. The van der Waals surface area contributed by atoms with Crippen LogP contribution in [0.25, 0.3) is 0 Å². The Morgan fingerprint density at radius 2 is 0.558 bits per heavy atom. The van der Waals surface area contributed by atoms with Crippen LogP contribution in [0.1, 0.15) is 0 Å². The molecule has 0 rings (SSSR count). The number of carbonyl (C=O) groups excluding carboxylic acids is 6. The third kappa shape index (κ3) is 18.1. The minimum atomic E-state index is -1.49. The molecule has 0 saturated heterocycles. The maximum absolute atomic E-state index is 11.8. The van der Waals surface area contributed by atoms with Gasteiger partial charge in [-0.3, -0.25) is 0 Å². The fraction of sp³-hybridized carbons (Fsp3) is 0.357. The van der Waals surface area contributed by atoms with Crippen molar-refractivity contribution in [2.24, 2.45) is 10.8 Å². The van der Waals surface area contributed by atoms with Crippen LogP contribution in [0.3, 0.4) is 0 Å². The standard InChI is InChI=1S/C28H34O13.Bi.O/c1-7-21(29)36-15-27(16-37-22(30)8-2,17-38-23(31)9-3)13-35-14-28(18-39-24(32)10-4,19-40-25(33)11-5)20-41-26(34)12-6;;/h7-12H,1-6,13-20H2;;. The van der Waals surface area contributed by atoms with Gasteiger partial charge in [-0.2, -0.15) is 0 Å². The van der Waals surface area contributed by atoms with Gasteiger partial charge in [0.2, 0.25) is 0 Å². The van der Waals surface area contributed by atoms with Crippen LogP contribution in [-0.2, 0) is 64.7 Å². The summed E-state index contributed by atoms with van der Waals surface area (Å²) < 4.78 is 45.1. The Bertz CT molecular complexity index is 848. The molecule has 0 amide bonds. The van der Waals surface area contributed by atoms with Gasteiger partial charge in [0.25, 0.3) is 0 Å². The van der Waals surface area contributed by atoms with Crippen molar-refractivity contribution in [3.8, 4) is 0 Å². The van der Waals surface area contributed by atoms with E-state index in [9.17, 15) is 28.8 Å². The summed E-state index contributed by atoms with van der Waals surface area (Å²) in [6.45, 7) is 16.1. The van der Waals surface area contributed by atoms with Gasteiger partial charge in [-0.15, -0.1) is 0 Å². The second-order valence-corrected chi connectivity index (χ2v) is 8.36. The summed E-state index contributed by atoms with van der Waals surface area (Å²) in [5, 5.41) is 0. The molecule has 43 heavy (non-hydrogen) atoms. The van der Waals surface area contributed by atoms with Crippen molar-refractivity contribution in [2.75, 3.05) is 52.9 Å². The summed E-state index contributed by atoms with van der Waals surface area (Å²) in [6.07, 6.45) is 5.32. The molecule has 0 unspecified atom stereocenters. The van der Waals surface area contributed by atoms with Crippen LogP contribution in [0.2, 0.25) is 0 Å². The van der Waals surface area contributed by atoms with Crippen molar-refractivity contribution in [3.63, 3.8) is 0 Å².